The molecular formula is C20H26F2N3S2+. The topological polar surface area (TPSA) is 28.5 Å². The first kappa shape index (κ1) is 21.6. The van der Waals surface area contributed by atoms with Crippen molar-refractivity contribution in [3.05, 3.63) is 60.2 Å². The highest BCUT2D eigenvalue weighted by Crippen LogP contribution is 2.26. The molecule has 0 saturated carbocycles. The molecule has 2 aromatic carbocycles. The van der Waals surface area contributed by atoms with Crippen molar-refractivity contribution >= 4 is 34.8 Å². The lowest BCUT2D eigenvalue weighted by atomic mass is 10.1. The van der Waals surface area contributed by atoms with E-state index in [0.29, 0.717) is 34.4 Å². The van der Waals surface area contributed by atoms with Gasteiger partial charge in [0.05, 0.1) is 19.6 Å². The third kappa shape index (κ3) is 7.08. The summed E-state index contributed by atoms with van der Waals surface area (Å²) in [5.74, 6) is -2.41. The van der Waals surface area contributed by atoms with E-state index in [1.165, 1.54) is 10.5 Å². The molecule has 0 spiro atoms. The molecular weight excluding hydrogens is 384 g/mol. The van der Waals surface area contributed by atoms with Gasteiger partial charge in [0.2, 0.25) is 0 Å². The molecule has 3 nitrogen and oxygen atoms in total. The van der Waals surface area contributed by atoms with Crippen LogP contribution >= 0.6 is 24.0 Å². The van der Waals surface area contributed by atoms with Gasteiger partial charge in [0.15, 0.2) is 5.11 Å². The van der Waals surface area contributed by atoms with Crippen LogP contribution in [0.3, 0.4) is 0 Å². The molecule has 27 heavy (non-hydrogen) atoms. The molecule has 3 N–H and O–H groups in total. The number of thiocarbonyl (C=S) groups is 1. The minimum atomic E-state index is -2.41. The van der Waals surface area contributed by atoms with Gasteiger partial charge in [-0.05, 0) is 50.3 Å². The summed E-state index contributed by atoms with van der Waals surface area (Å²) in [7, 11) is 0. The van der Waals surface area contributed by atoms with Gasteiger partial charge in [-0.2, -0.15) is 8.78 Å². The van der Waals surface area contributed by atoms with Crippen molar-refractivity contribution in [1.29, 1.82) is 0 Å². The molecule has 0 radical (unpaired) electrons. The maximum absolute atomic E-state index is 12.4. The molecule has 0 aliphatic rings. The van der Waals surface area contributed by atoms with Gasteiger partial charge in [-0.25, -0.2) is 0 Å². The van der Waals surface area contributed by atoms with Gasteiger partial charge in [-0.1, -0.05) is 42.1 Å². The minimum absolute atomic E-state index is 0.297. The monoisotopic (exact) mass is 410 g/mol. The standard InChI is InChI=1S/C20H25F2N3S2/c1-3-25(4-2)18(15-8-6-5-7-9-15)14-23-20(26)24-16-10-12-17(13-11-16)27-19(21)22/h5-13,18-19H,3-4,14H2,1-2H3,(H2,23,24,26)/p+1/t18-/m1/s1. The van der Waals surface area contributed by atoms with Crippen LogP contribution in [0.2, 0.25) is 0 Å². The minimum Gasteiger partial charge on any atom is -0.356 e. The second kappa shape index (κ2) is 11.2. The van der Waals surface area contributed by atoms with E-state index in [2.05, 4.69) is 48.7 Å². The molecule has 2 rings (SSSR count). The van der Waals surface area contributed by atoms with Crippen LogP contribution in [0.4, 0.5) is 14.5 Å². The molecule has 7 heteroatoms. The van der Waals surface area contributed by atoms with Crippen molar-refractivity contribution < 1.29 is 13.7 Å². The largest absolute Gasteiger partial charge is 0.356 e. The highest BCUT2D eigenvalue weighted by molar-refractivity contribution is 7.99. The van der Waals surface area contributed by atoms with Crippen molar-refractivity contribution in [2.75, 3.05) is 25.0 Å². The lowest BCUT2D eigenvalue weighted by molar-refractivity contribution is -0.927. The molecule has 0 aromatic heterocycles. The van der Waals surface area contributed by atoms with E-state index in [4.69, 9.17) is 12.2 Å². The predicted octanol–water partition coefficient (Wildman–Crippen LogP) is 3.95. The molecule has 0 aliphatic heterocycles. The molecule has 0 saturated heterocycles. The Labute approximate surface area is 169 Å². The second-order valence-electron chi connectivity index (χ2n) is 6.07. The lowest BCUT2D eigenvalue weighted by Crippen LogP contribution is -3.12. The fraction of sp³-hybridized carbons (Fsp3) is 0.350. The van der Waals surface area contributed by atoms with Gasteiger partial charge in [0.25, 0.3) is 5.76 Å². The number of nitrogens with one attached hydrogen (secondary N) is 3. The summed E-state index contributed by atoms with van der Waals surface area (Å²) in [5.41, 5.74) is 2.05. The average Bonchev–Trinajstić information content (AvgIpc) is 2.67. The smallest absolute Gasteiger partial charge is 0.288 e. The Morgan fingerprint density at radius 2 is 1.67 bits per heavy atom. The van der Waals surface area contributed by atoms with Crippen LogP contribution in [0.5, 0.6) is 0 Å². The van der Waals surface area contributed by atoms with E-state index in [1.807, 2.05) is 6.07 Å². The second-order valence-corrected chi connectivity index (χ2v) is 7.54. The van der Waals surface area contributed by atoms with E-state index < -0.39 is 5.76 Å². The van der Waals surface area contributed by atoms with Crippen molar-refractivity contribution in [2.24, 2.45) is 0 Å². The summed E-state index contributed by atoms with van der Waals surface area (Å²) < 4.78 is 24.8. The zero-order chi connectivity index (χ0) is 19.6. The summed E-state index contributed by atoms with van der Waals surface area (Å²) in [6.07, 6.45) is 0. The molecule has 2 aromatic rings. The fourth-order valence-electron chi connectivity index (χ4n) is 3.02. The van der Waals surface area contributed by atoms with Crippen LogP contribution < -0.4 is 15.5 Å². The molecule has 0 heterocycles. The van der Waals surface area contributed by atoms with E-state index in [1.54, 1.807) is 24.3 Å². The van der Waals surface area contributed by atoms with Gasteiger partial charge in [-0.15, -0.1) is 0 Å². The molecule has 0 bridgehead atoms. The van der Waals surface area contributed by atoms with E-state index >= 15 is 0 Å². The van der Waals surface area contributed by atoms with Crippen LogP contribution in [-0.4, -0.2) is 30.5 Å². The molecule has 0 unspecified atom stereocenters. The number of likely N-dealkylation sites (N-methyl/N-ethyl adjacent to an activating group) is 1. The third-order valence-corrected chi connectivity index (χ3v) is 5.38. The number of rotatable bonds is 9. The SMILES string of the molecule is CC[NH+](CC)[C@H](CNC(=S)Nc1ccc(SC(F)F)cc1)c1ccccc1. The predicted molar refractivity (Wildman–Crippen MR) is 114 cm³/mol. The number of hydrogen-bond acceptors (Lipinski definition) is 2. The van der Waals surface area contributed by atoms with Crippen LogP contribution in [0, 0.1) is 0 Å². The highest BCUT2D eigenvalue weighted by Gasteiger charge is 2.21. The van der Waals surface area contributed by atoms with E-state index in [-0.39, 0.29) is 0 Å². The van der Waals surface area contributed by atoms with Crippen molar-refractivity contribution in [3.63, 3.8) is 0 Å². The van der Waals surface area contributed by atoms with Crippen LogP contribution in [0.25, 0.3) is 0 Å². The van der Waals surface area contributed by atoms with Crippen molar-refractivity contribution in [1.82, 2.24) is 5.32 Å². The molecule has 0 fully saturated rings. The summed E-state index contributed by atoms with van der Waals surface area (Å²) in [4.78, 5) is 2.01. The normalized spacial score (nSPS) is 12.2. The zero-order valence-corrected chi connectivity index (χ0v) is 17.2. The van der Waals surface area contributed by atoms with E-state index in [9.17, 15) is 8.78 Å². The number of halogens is 2. The van der Waals surface area contributed by atoms with Gasteiger partial charge in [0.1, 0.15) is 6.04 Å². The average molecular weight is 411 g/mol. The number of anilines is 1. The number of benzene rings is 2. The van der Waals surface area contributed by atoms with Crippen molar-refractivity contribution in [3.8, 4) is 0 Å². The Kier molecular flexibility index (Phi) is 8.97. The highest BCUT2D eigenvalue weighted by atomic mass is 32.2. The van der Waals surface area contributed by atoms with Crippen molar-refractivity contribution in [2.45, 2.75) is 30.5 Å². The maximum Gasteiger partial charge on any atom is 0.288 e. The maximum atomic E-state index is 12.4. The number of hydrogen-bond donors (Lipinski definition) is 3. The molecule has 0 aliphatic carbocycles. The van der Waals surface area contributed by atoms with Crippen LogP contribution in [0.1, 0.15) is 25.5 Å². The Hall–Kier alpha value is -1.70. The number of alkyl halides is 2. The van der Waals surface area contributed by atoms with E-state index in [0.717, 1.165) is 18.8 Å². The molecule has 0 amide bonds. The molecule has 1 atom stereocenters. The Morgan fingerprint density at radius 1 is 1.04 bits per heavy atom. The summed E-state index contributed by atoms with van der Waals surface area (Å²) in [6, 6.07) is 17.6. The van der Waals surface area contributed by atoms with Gasteiger partial charge >= 0.3 is 0 Å². The summed E-state index contributed by atoms with van der Waals surface area (Å²) >= 11 is 5.94. The van der Waals surface area contributed by atoms with Gasteiger partial charge in [-0.3, -0.25) is 0 Å². The Balaban J connectivity index is 1.95. The van der Waals surface area contributed by atoms with Crippen LogP contribution in [-0.2, 0) is 0 Å². The first-order chi connectivity index (χ1) is 13.0. The Bertz CT molecular complexity index is 692. The third-order valence-electron chi connectivity index (χ3n) is 4.41. The zero-order valence-electron chi connectivity index (χ0n) is 15.5. The first-order valence-electron chi connectivity index (χ1n) is 9.02. The lowest BCUT2D eigenvalue weighted by Gasteiger charge is -2.27. The first-order valence-corrected chi connectivity index (χ1v) is 10.3. The summed E-state index contributed by atoms with van der Waals surface area (Å²) in [6.45, 7) is 7.14. The van der Waals surface area contributed by atoms with Crippen LogP contribution in [0.15, 0.2) is 59.5 Å². The fourth-order valence-corrected chi connectivity index (χ4v) is 3.72. The number of quaternary nitrogens is 1. The quantitative estimate of drug-likeness (QED) is 0.431. The molecule has 146 valence electrons. The van der Waals surface area contributed by atoms with Gasteiger partial charge < -0.3 is 15.5 Å². The van der Waals surface area contributed by atoms with Gasteiger partial charge in [0, 0.05) is 16.1 Å². The summed E-state index contributed by atoms with van der Waals surface area (Å²) in [5, 5.41) is 6.94. The number of thioether (sulfide) groups is 1. The Morgan fingerprint density at radius 3 is 2.22 bits per heavy atom.